The Balaban J connectivity index is 1.29. The summed E-state index contributed by atoms with van der Waals surface area (Å²) in [5.74, 6) is 1.07. The lowest BCUT2D eigenvalue weighted by Crippen LogP contribution is -2.31. The van der Waals surface area contributed by atoms with Crippen LogP contribution in [0.25, 0.3) is 0 Å². The number of fused-ring (bicyclic) bond motifs is 1. The molecule has 1 aliphatic rings. The van der Waals surface area contributed by atoms with Crippen LogP contribution >= 0.6 is 27.7 Å². The highest BCUT2D eigenvalue weighted by molar-refractivity contribution is 9.10. The smallest absolute Gasteiger partial charge is 0.255 e. The molecular formula is C34H29BrFN5O2S. The lowest BCUT2D eigenvalue weighted by molar-refractivity contribution is -0.113. The van der Waals surface area contributed by atoms with Crippen LogP contribution < -0.4 is 15.4 Å². The number of anilines is 2. The van der Waals surface area contributed by atoms with Crippen molar-refractivity contribution in [2.24, 2.45) is 0 Å². The number of halogens is 2. The fraction of sp³-hybridized carbons (Fsp3) is 0.147. The highest BCUT2D eigenvalue weighted by Crippen LogP contribution is 2.38. The van der Waals surface area contributed by atoms with Crippen molar-refractivity contribution in [1.82, 2.24) is 14.8 Å². The minimum Gasteiger partial charge on any atom is -0.489 e. The molecule has 10 heteroatoms. The van der Waals surface area contributed by atoms with Crippen molar-refractivity contribution in [3.8, 4) is 5.75 Å². The number of carbonyl (C=O) groups excluding carboxylic acids is 1. The molecule has 0 saturated carbocycles. The zero-order valence-electron chi connectivity index (χ0n) is 24.1. The molecule has 44 heavy (non-hydrogen) atoms. The highest BCUT2D eigenvalue weighted by Gasteiger charge is 2.34. The summed E-state index contributed by atoms with van der Waals surface area (Å²) < 4.78 is 23.0. The molecule has 7 nitrogen and oxygen atoms in total. The average Bonchev–Trinajstić information content (AvgIpc) is 3.42. The van der Waals surface area contributed by atoms with Gasteiger partial charge < -0.3 is 15.4 Å². The molecule has 0 fully saturated rings. The van der Waals surface area contributed by atoms with Gasteiger partial charge in [0.05, 0.1) is 5.57 Å². The van der Waals surface area contributed by atoms with Crippen LogP contribution in [-0.2, 0) is 17.2 Å². The fourth-order valence-electron chi connectivity index (χ4n) is 4.97. The predicted molar refractivity (Wildman–Crippen MR) is 175 cm³/mol. The molecule has 1 unspecified atom stereocenters. The van der Waals surface area contributed by atoms with E-state index < -0.39 is 6.04 Å². The van der Waals surface area contributed by atoms with Gasteiger partial charge in [-0.3, -0.25) is 4.79 Å². The van der Waals surface area contributed by atoms with Crippen molar-refractivity contribution in [2.75, 3.05) is 10.6 Å². The average molecular weight is 671 g/mol. The number of aromatic nitrogens is 3. The summed E-state index contributed by atoms with van der Waals surface area (Å²) in [7, 11) is 0. The van der Waals surface area contributed by atoms with E-state index in [2.05, 4.69) is 31.5 Å². The molecule has 1 amide bonds. The van der Waals surface area contributed by atoms with Crippen molar-refractivity contribution in [2.45, 2.75) is 37.4 Å². The minimum atomic E-state index is -0.563. The first-order valence-electron chi connectivity index (χ1n) is 14.0. The SMILES string of the molecule is CC1=C(C(=O)Nc2cccc(C)c2)C(c2ccc(OCc3ccc(Br)cc3)cc2)n2nc(SCc3ccccc3F)nc2N1. The molecule has 1 atom stereocenters. The maximum atomic E-state index is 14.3. The molecule has 0 radical (unpaired) electrons. The van der Waals surface area contributed by atoms with Gasteiger partial charge in [-0.05, 0) is 78.6 Å². The maximum Gasteiger partial charge on any atom is 0.255 e. The maximum absolute atomic E-state index is 14.3. The molecule has 1 aromatic heterocycles. The Labute approximate surface area is 267 Å². The van der Waals surface area contributed by atoms with E-state index >= 15 is 0 Å². The first-order chi connectivity index (χ1) is 21.3. The van der Waals surface area contributed by atoms with Gasteiger partial charge in [0.25, 0.3) is 5.91 Å². The van der Waals surface area contributed by atoms with Gasteiger partial charge in [-0.1, -0.05) is 82.3 Å². The number of rotatable bonds is 9. The van der Waals surface area contributed by atoms with Gasteiger partial charge in [-0.25, -0.2) is 9.07 Å². The van der Waals surface area contributed by atoms with E-state index in [-0.39, 0.29) is 11.7 Å². The quantitative estimate of drug-likeness (QED) is 0.154. The monoisotopic (exact) mass is 669 g/mol. The molecular weight excluding hydrogens is 641 g/mol. The first-order valence-corrected chi connectivity index (χ1v) is 15.8. The molecule has 6 rings (SSSR count). The van der Waals surface area contributed by atoms with Gasteiger partial charge in [0, 0.05) is 21.6 Å². The van der Waals surface area contributed by atoms with Gasteiger partial charge in [-0.15, -0.1) is 5.10 Å². The summed E-state index contributed by atoms with van der Waals surface area (Å²) in [5, 5.41) is 11.6. The lowest BCUT2D eigenvalue weighted by Gasteiger charge is -2.28. The Kier molecular flexibility index (Phi) is 8.81. The van der Waals surface area contributed by atoms with Gasteiger partial charge in [-0.2, -0.15) is 4.98 Å². The number of carbonyl (C=O) groups is 1. The zero-order chi connectivity index (χ0) is 30.6. The first kappa shape index (κ1) is 29.7. The van der Waals surface area contributed by atoms with Gasteiger partial charge >= 0.3 is 0 Å². The van der Waals surface area contributed by atoms with Crippen molar-refractivity contribution in [3.05, 3.63) is 141 Å². The van der Waals surface area contributed by atoms with E-state index in [9.17, 15) is 9.18 Å². The topological polar surface area (TPSA) is 81.1 Å². The van der Waals surface area contributed by atoms with Crippen LogP contribution in [0.3, 0.4) is 0 Å². The number of benzene rings is 4. The summed E-state index contributed by atoms with van der Waals surface area (Å²) in [5.41, 5.74) is 5.39. The molecule has 4 aromatic carbocycles. The summed E-state index contributed by atoms with van der Waals surface area (Å²) in [6.45, 7) is 4.27. The number of thioether (sulfide) groups is 1. The van der Waals surface area contributed by atoms with Crippen LogP contribution in [0.4, 0.5) is 16.0 Å². The second-order valence-electron chi connectivity index (χ2n) is 10.4. The van der Waals surface area contributed by atoms with Crippen molar-refractivity contribution < 1.29 is 13.9 Å². The Morgan fingerprint density at radius 1 is 1.02 bits per heavy atom. The molecule has 2 heterocycles. The summed E-state index contributed by atoms with van der Waals surface area (Å²) in [4.78, 5) is 18.5. The van der Waals surface area contributed by atoms with Gasteiger partial charge in [0.2, 0.25) is 11.1 Å². The molecule has 2 N–H and O–H groups in total. The third-order valence-electron chi connectivity index (χ3n) is 7.18. The summed E-state index contributed by atoms with van der Waals surface area (Å²) in [6, 6.07) is 29.4. The number of nitrogens with zero attached hydrogens (tertiary/aromatic N) is 3. The normalized spacial score (nSPS) is 14.1. The number of allylic oxidation sites excluding steroid dienone is 1. The predicted octanol–water partition coefficient (Wildman–Crippen LogP) is 8.29. The summed E-state index contributed by atoms with van der Waals surface area (Å²) >= 11 is 4.79. The third-order valence-corrected chi connectivity index (χ3v) is 8.60. The number of hydrogen-bond acceptors (Lipinski definition) is 6. The van der Waals surface area contributed by atoms with Crippen molar-refractivity contribution in [3.63, 3.8) is 0 Å². The van der Waals surface area contributed by atoms with Gasteiger partial charge in [0.1, 0.15) is 24.2 Å². The minimum absolute atomic E-state index is 0.247. The Morgan fingerprint density at radius 2 is 1.80 bits per heavy atom. The van der Waals surface area contributed by atoms with E-state index in [1.165, 1.54) is 17.8 Å². The number of aryl methyl sites for hydroxylation is 1. The molecule has 0 bridgehead atoms. The highest BCUT2D eigenvalue weighted by atomic mass is 79.9. The van der Waals surface area contributed by atoms with E-state index in [4.69, 9.17) is 9.84 Å². The Hall–Kier alpha value is -4.41. The van der Waals surface area contributed by atoms with Gasteiger partial charge in [0.15, 0.2) is 0 Å². The standard InChI is InChI=1S/C34H29BrFN5O2S/c1-21-6-5-8-27(18-21)38-32(42)30-22(2)37-33-39-34(44-20-25-7-3-4-9-29(25)36)40-41(33)31(30)24-12-16-28(17-13-24)43-19-23-10-14-26(35)15-11-23/h3-18,31H,19-20H2,1-2H3,(H,38,42)(H,37,39,40). The largest absolute Gasteiger partial charge is 0.489 e. The van der Waals surface area contributed by atoms with Crippen LogP contribution in [0.2, 0.25) is 0 Å². The third kappa shape index (κ3) is 6.71. The summed E-state index contributed by atoms with van der Waals surface area (Å²) in [6.07, 6.45) is 0. The molecule has 0 saturated heterocycles. The lowest BCUT2D eigenvalue weighted by atomic mass is 9.95. The van der Waals surface area contributed by atoms with E-state index in [0.29, 0.717) is 51.7 Å². The number of nitrogens with one attached hydrogen (secondary N) is 2. The fourth-order valence-corrected chi connectivity index (χ4v) is 6.05. The van der Waals surface area contributed by atoms with Crippen LogP contribution in [0.5, 0.6) is 5.75 Å². The van der Waals surface area contributed by atoms with E-state index in [0.717, 1.165) is 21.2 Å². The second-order valence-corrected chi connectivity index (χ2v) is 12.3. The molecule has 0 aliphatic carbocycles. The number of ether oxygens (including phenoxy) is 1. The van der Waals surface area contributed by atoms with Crippen LogP contribution in [0.1, 0.15) is 35.2 Å². The van der Waals surface area contributed by atoms with E-state index in [1.807, 2.05) is 86.6 Å². The van der Waals surface area contributed by atoms with Crippen molar-refractivity contribution >= 4 is 45.2 Å². The van der Waals surface area contributed by atoms with E-state index in [1.54, 1.807) is 22.9 Å². The molecule has 5 aromatic rings. The molecule has 1 aliphatic heterocycles. The zero-order valence-corrected chi connectivity index (χ0v) is 26.5. The Morgan fingerprint density at radius 3 is 2.55 bits per heavy atom. The Bertz CT molecular complexity index is 1840. The van der Waals surface area contributed by atoms with Crippen LogP contribution in [0, 0.1) is 12.7 Å². The van der Waals surface area contributed by atoms with Crippen LogP contribution in [-0.4, -0.2) is 20.7 Å². The molecule has 222 valence electrons. The number of hydrogen-bond donors (Lipinski definition) is 2. The van der Waals surface area contributed by atoms with Crippen LogP contribution in [0.15, 0.2) is 118 Å². The number of amides is 1. The van der Waals surface area contributed by atoms with Crippen molar-refractivity contribution in [1.29, 1.82) is 0 Å². The second kappa shape index (κ2) is 13.1. The molecule has 0 spiro atoms.